The van der Waals surface area contributed by atoms with Crippen molar-refractivity contribution < 1.29 is 0 Å². The third-order valence-corrected chi connectivity index (χ3v) is 3.99. The van der Waals surface area contributed by atoms with Gasteiger partial charge in [-0.25, -0.2) is 0 Å². The van der Waals surface area contributed by atoms with Crippen LogP contribution in [0.1, 0.15) is 5.56 Å². The first kappa shape index (κ1) is 14.4. The molecular formula is C21H17N3. The zero-order valence-corrected chi connectivity index (χ0v) is 13.4. The molecule has 0 saturated heterocycles. The van der Waals surface area contributed by atoms with Crippen LogP contribution in [0.4, 0.5) is 0 Å². The van der Waals surface area contributed by atoms with Crippen molar-refractivity contribution in [2.45, 2.75) is 6.92 Å². The minimum Gasteiger partial charge on any atom is -0.275 e. The van der Waals surface area contributed by atoms with Crippen molar-refractivity contribution in [3.63, 3.8) is 0 Å². The lowest BCUT2D eigenvalue weighted by atomic mass is 10.1. The molecule has 1 aromatic heterocycles. The molecule has 4 aromatic rings. The van der Waals surface area contributed by atoms with Crippen LogP contribution in [0.3, 0.4) is 0 Å². The van der Waals surface area contributed by atoms with Crippen LogP contribution in [0.2, 0.25) is 0 Å². The smallest absolute Gasteiger partial charge is 0.168 e. The van der Waals surface area contributed by atoms with Gasteiger partial charge in [0.05, 0.1) is 0 Å². The Morgan fingerprint density at radius 2 is 1.17 bits per heavy atom. The van der Waals surface area contributed by atoms with Gasteiger partial charge in [0.1, 0.15) is 0 Å². The van der Waals surface area contributed by atoms with Gasteiger partial charge in [0, 0.05) is 16.8 Å². The highest BCUT2D eigenvalue weighted by Crippen LogP contribution is 2.28. The van der Waals surface area contributed by atoms with E-state index in [-0.39, 0.29) is 0 Å². The fourth-order valence-corrected chi connectivity index (χ4v) is 2.84. The first-order chi connectivity index (χ1) is 11.8. The average molecular weight is 311 g/mol. The Balaban J connectivity index is 1.98. The lowest BCUT2D eigenvalue weighted by Gasteiger charge is -2.11. The molecular weight excluding hydrogens is 294 g/mol. The van der Waals surface area contributed by atoms with E-state index in [2.05, 4.69) is 70.2 Å². The fraction of sp³-hybridized carbons (Fsp3) is 0.0476. The summed E-state index contributed by atoms with van der Waals surface area (Å²) in [5.74, 6) is 1.69. The van der Waals surface area contributed by atoms with Gasteiger partial charge in [0.2, 0.25) is 0 Å². The lowest BCUT2D eigenvalue weighted by molar-refractivity contribution is 1.07. The molecule has 3 nitrogen and oxygen atoms in total. The molecule has 0 bridgehead atoms. The molecule has 0 amide bonds. The van der Waals surface area contributed by atoms with Crippen LogP contribution in [0.15, 0.2) is 84.9 Å². The summed E-state index contributed by atoms with van der Waals surface area (Å²) in [4.78, 5) is 0. The third-order valence-electron chi connectivity index (χ3n) is 3.99. The molecule has 24 heavy (non-hydrogen) atoms. The highest BCUT2D eigenvalue weighted by atomic mass is 15.3. The van der Waals surface area contributed by atoms with Crippen LogP contribution in [-0.2, 0) is 0 Å². The number of hydrogen-bond acceptors (Lipinski definition) is 2. The van der Waals surface area contributed by atoms with Crippen molar-refractivity contribution in [3.05, 3.63) is 90.5 Å². The van der Waals surface area contributed by atoms with Gasteiger partial charge < -0.3 is 0 Å². The van der Waals surface area contributed by atoms with Crippen LogP contribution >= 0.6 is 0 Å². The zero-order chi connectivity index (χ0) is 16.4. The van der Waals surface area contributed by atoms with Gasteiger partial charge in [-0.3, -0.25) is 4.57 Å². The highest BCUT2D eigenvalue weighted by molar-refractivity contribution is 5.66. The van der Waals surface area contributed by atoms with Crippen LogP contribution in [0.25, 0.3) is 28.5 Å². The van der Waals surface area contributed by atoms with Gasteiger partial charge in [-0.2, -0.15) is 0 Å². The van der Waals surface area contributed by atoms with Gasteiger partial charge in [0.25, 0.3) is 0 Å². The summed E-state index contributed by atoms with van der Waals surface area (Å²) in [6.07, 6.45) is 0. The van der Waals surface area contributed by atoms with Gasteiger partial charge in [-0.05, 0) is 24.6 Å². The number of aromatic nitrogens is 3. The molecule has 0 saturated carbocycles. The Morgan fingerprint density at radius 1 is 0.625 bits per heavy atom. The maximum absolute atomic E-state index is 4.48. The monoisotopic (exact) mass is 311 g/mol. The maximum atomic E-state index is 4.48. The van der Waals surface area contributed by atoms with Gasteiger partial charge in [-0.1, -0.05) is 72.8 Å². The second-order valence-electron chi connectivity index (χ2n) is 5.75. The first-order valence-electron chi connectivity index (χ1n) is 7.96. The summed E-state index contributed by atoms with van der Waals surface area (Å²) in [7, 11) is 0. The molecule has 0 fully saturated rings. The predicted octanol–water partition coefficient (Wildman–Crippen LogP) is 4.91. The van der Waals surface area contributed by atoms with E-state index in [1.807, 2.05) is 36.4 Å². The van der Waals surface area contributed by atoms with Gasteiger partial charge in [0.15, 0.2) is 11.6 Å². The molecule has 0 N–H and O–H groups in total. The molecule has 0 aliphatic carbocycles. The summed E-state index contributed by atoms with van der Waals surface area (Å²) in [5, 5.41) is 8.96. The van der Waals surface area contributed by atoms with Crippen molar-refractivity contribution in [3.8, 4) is 28.5 Å². The number of aryl methyl sites for hydroxylation is 1. The van der Waals surface area contributed by atoms with Crippen LogP contribution < -0.4 is 0 Å². The van der Waals surface area contributed by atoms with Crippen molar-refractivity contribution in [1.82, 2.24) is 14.8 Å². The highest BCUT2D eigenvalue weighted by Gasteiger charge is 2.16. The summed E-state index contributed by atoms with van der Waals surface area (Å²) >= 11 is 0. The van der Waals surface area contributed by atoms with Crippen LogP contribution in [0, 0.1) is 6.92 Å². The fourth-order valence-electron chi connectivity index (χ4n) is 2.84. The molecule has 0 aliphatic rings. The normalized spacial score (nSPS) is 10.7. The van der Waals surface area contributed by atoms with Crippen molar-refractivity contribution in [1.29, 1.82) is 0 Å². The van der Waals surface area contributed by atoms with Gasteiger partial charge >= 0.3 is 0 Å². The number of nitrogens with zero attached hydrogens (tertiary/aromatic N) is 3. The number of rotatable bonds is 3. The minimum atomic E-state index is 0.847. The van der Waals surface area contributed by atoms with E-state index < -0.39 is 0 Å². The molecule has 116 valence electrons. The number of benzene rings is 3. The second kappa shape index (κ2) is 6.13. The standard InChI is InChI=1S/C21H17N3/c1-16-9-8-14-19(15-16)24-20(17-10-4-2-5-11-17)22-23-21(24)18-12-6-3-7-13-18/h2-15H,1H3. The topological polar surface area (TPSA) is 30.7 Å². The molecule has 0 atom stereocenters. The molecule has 0 radical (unpaired) electrons. The largest absolute Gasteiger partial charge is 0.275 e. The first-order valence-corrected chi connectivity index (χ1v) is 7.96. The predicted molar refractivity (Wildman–Crippen MR) is 97.0 cm³/mol. The summed E-state index contributed by atoms with van der Waals surface area (Å²) in [6, 6.07) is 28.7. The molecule has 1 heterocycles. The van der Waals surface area contributed by atoms with Gasteiger partial charge in [-0.15, -0.1) is 10.2 Å². The minimum absolute atomic E-state index is 0.847. The van der Waals surface area contributed by atoms with Crippen molar-refractivity contribution in [2.24, 2.45) is 0 Å². The molecule has 3 aromatic carbocycles. The Labute approximate surface area is 141 Å². The van der Waals surface area contributed by atoms with Crippen LogP contribution in [0.5, 0.6) is 0 Å². The van der Waals surface area contributed by atoms with E-state index in [1.165, 1.54) is 5.56 Å². The van der Waals surface area contributed by atoms with Crippen molar-refractivity contribution >= 4 is 0 Å². The van der Waals surface area contributed by atoms with E-state index in [0.29, 0.717) is 0 Å². The second-order valence-corrected chi connectivity index (χ2v) is 5.75. The Bertz CT molecular complexity index is 900. The number of hydrogen-bond donors (Lipinski definition) is 0. The van der Waals surface area contributed by atoms with Crippen molar-refractivity contribution in [2.75, 3.05) is 0 Å². The molecule has 4 rings (SSSR count). The maximum Gasteiger partial charge on any atom is 0.168 e. The molecule has 3 heteroatoms. The quantitative estimate of drug-likeness (QED) is 0.538. The molecule has 0 aliphatic heterocycles. The van der Waals surface area contributed by atoms with E-state index in [4.69, 9.17) is 0 Å². The SMILES string of the molecule is Cc1cccc(-n2c(-c3ccccc3)nnc2-c2ccccc2)c1. The molecule has 0 unspecified atom stereocenters. The zero-order valence-electron chi connectivity index (χ0n) is 13.4. The third kappa shape index (κ3) is 2.61. The van der Waals surface area contributed by atoms with E-state index >= 15 is 0 Å². The Hall–Kier alpha value is -3.20. The summed E-state index contributed by atoms with van der Waals surface area (Å²) in [6.45, 7) is 2.10. The average Bonchev–Trinajstić information content (AvgIpc) is 3.08. The Kier molecular flexibility index (Phi) is 3.67. The van der Waals surface area contributed by atoms with E-state index in [9.17, 15) is 0 Å². The van der Waals surface area contributed by atoms with E-state index in [1.54, 1.807) is 0 Å². The van der Waals surface area contributed by atoms with Crippen LogP contribution in [-0.4, -0.2) is 14.8 Å². The Morgan fingerprint density at radius 3 is 1.67 bits per heavy atom. The summed E-state index contributed by atoms with van der Waals surface area (Å²) < 4.78 is 2.12. The summed E-state index contributed by atoms with van der Waals surface area (Å²) in [5.41, 5.74) is 4.37. The van der Waals surface area contributed by atoms with E-state index in [0.717, 1.165) is 28.5 Å². The lowest BCUT2D eigenvalue weighted by Crippen LogP contribution is -2.00. The molecule has 0 spiro atoms.